The summed E-state index contributed by atoms with van der Waals surface area (Å²) in [6.07, 6.45) is 4.28. The van der Waals surface area contributed by atoms with Crippen molar-refractivity contribution in [3.8, 4) is 5.75 Å². The van der Waals surface area contributed by atoms with E-state index in [2.05, 4.69) is 17.2 Å². The summed E-state index contributed by atoms with van der Waals surface area (Å²) in [5.74, 6) is 0.890. The number of hydrogen-bond donors (Lipinski definition) is 1. The maximum Gasteiger partial charge on any atom is 0.262 e. The molecule has 0 aliphatic carbocycles. The minimum Gasteiger partial charge on any atom is -0.497 e. The summed E-state index contributed by atoms with van der Waals surface area (Å²) in [4.78, 5) is 30.1. The number of rotatable bonds is 11. The fourth-order valence-electron chi connectivity index (χ4n) is 3.28. The van der Waals surface area contributed by atoms with Gasteiger partial charge in [-0.05, 0) is 36.2 Å². The van der Waals surface area contributed by atoms with Crippen molar-refractivity contribution >= 4 is 28.6 Å². The zero-order valence-electron chi connectivity index (χ0n) is 18.1. The molecule has 0 atom stereocenters. The molecule has 0 aliphatic heterocycles. The maximum atomic E-state index is 13.0. The predicted octanol–water partition coefficient (Wildman–Crippen LogP) is 4.39. The maximum absolute atomic E-state index is 13.0. The van der Waals surface area contributed by atoms with Crippen molar-refractivity contribution in [3.05, 3.63) is 64.4 Å². The first-order valence-electron chi connectivity index (χ1n) is 10.6. The molecule has 0 radical (unpaired) electrons. The van der Waals surface area contributed by atoms with Crippen molar-refractivity contribution in [1.82, 2.24) is 14.9 Å². The van der Waals surface area contributed by atoms with Gasteiger partial charge in [0.15, 0.2) is 5.16 Å². The standard InChI is InChI=1S/C24H29N3O3S/c1-3-4-5-8-15-27-23(29)20-9-6-7-10-21(20)26-24(27)31-17-22(28)25-16-18-11-13-19(30-2)14-12-18/h6-7,9-14H,3-5,8,15-17H2,1-2H3,(H,25,28). The fourth-order valence-corrected chi connectivity index (χ4v) is 4.13. The zero-order chi connectivity index (χ0) is 22.1. The Morgan fingerprint density at radius 3 is 2.61 bits per heavy atom. The topological polar surface area (TPSA) is 73.2 Å². The Kier molecular flexibility index (Phi) is 8.53. The number of para-hydroxylation sites is 1. The molecule has 0 bridgehead atoms. The first-order valence-corrected chi connectivity index (χ1v) is 11.6. The SMILES string of the molecule is CCCCCCn1c(SCC(=O)NCc2ccc(OC)cc2)nc2ccccc2c1=O. The monoisotopic (exact) mass is 439 g/mol. The number of nitrogens with zero attached hydrogens (tertiary/aromatic N) is 2. The van der Waals surface area contributed by atoms with Crippen LogP contribution in [0.15, 0.2) is 58.5 Å². The predicted molar refractivity (Wildman–Crippen MR) is 126 cm³/mol. The van der Waals surface area contributed by atoms with Gasteiger partial charge in [-0.3, -0.25) is 14.2 Å². The summed E-state index contributed by atoms with van der Waals surface area (Å²) in [6, 6.07) is 15.0. The minimum atomic E-state index is -0.0965. The highest BCUT2D eigenvalue weighted by Crippen LogP contribution is 2.19. The Balaban J connectivity index is 1.67. The average molecular weight is 440 g/mol. The molecule has 0 fully saturated rings. The van der Waals surface area contributed by atoms with Crippen LogP contribution in [0.4, 0.5) is 0 Å². The number of benzene rings is 2. The molecule has 2 aromatic carbocycles. The lowest BCUT2D eigenvalue weighted by Crippen LogP contribution is -2.27. The molecule has 31 heavy (non-hydrogen) atoms. The molecule has 3 rings (SSSR count). The van der Waals surface area contributed by atoms with E-state index in [9.17, 15) is 9.59 Å². The van der Waals surface area contributed by atoms with Crippen LogP contribution >= 0.6 is 11.8 Å². The van der Waals surface area contributed by atoms with Crippen LogP contribution in [0.1, 0.15) is 38.2 Å². The van der Waals surface area contributed by atoms with Gasteiger partial charge in [0.1, 0.15) is 5.75 Å². The van der Waals surface area contributed by atoms with Crippen LogP contribution in [-0.4, -0.2) is 28.3 Å². The van der Waals surface area contributed by atoms with Gasteiger partial charge in [0.2, 0.25) is 5.91 Å². The fraction of sp³-hybridized carbons (Fsp3) is 0.375. The van der Waals surface area contributed by atoms with Gasteiger partial charge >= 0.3 is 0 Å². The van der Waals surface area contributed by atoms with Crippen LogP contribution in [0.5, 0.6) is 5.75 Å². The molecule has 0 saturated carbocycles. The zero-order valence-corrected chi connectivity index (χ0v) is 18.9. The number of ether oxygens (including phenoxy) is 1. The van der Waals surface area contributed by atoms with Gasteiger partial charge in [0.25, 0.3) is 5.56 Å². The molecule has 0 saturated heterocycles. The molecular formula is C24H29N3O3S. The van der Waals surface area contributed by atoms with Crippen molar-refractivity contribution in [1.29, 1.82) is 0 Å². The summed E-state index contributed by atoms with van der Waals surface area (Å²) >= 11 is 1.31. The van der Waals surface area contributed by atoms with E-state index in [1.54, 1.807) is 11.7 Å². The van der Waals surface area contributed by atoms with Crippen molar-refractivity contribution in [3.63, 3.8) is 0 Å². The van der Waals surface area contributed by atoms with E-state index in [1.165, 1.54) is 11.8 Å². The highest BCUT2D eigenvalue weighted by atomic mass is 32.2. The number of unbranched alkanes of at least 4 members (excludes halogenated alkanes) is 3. The summed E-state index contributed by atoms with van der Waals surface area (Å²) < 4.78 is 6.87. The quantitative estimate of drug-likeness (QED) is 0.272. The average Bonchev–Trinajstić information content (AvgIpc) is 2.80. The summed E-state index contributed by atoms with van der Waals surface area (Å²) in [5.41, 5.74) is 1.62. The molecule has 1 heterocycles. The molecule has 3 aromatic rings. The van der Waals surface area contributed by atoms with Crippen molar-refractivity contribution in [2.75, 3.05) is 12.9 Å². The van der Waals surface area contributed by atoms with Crippen LogP contribution in [-0.2, 0) is 17.9 Å². The highest BCUT2D eigenvalue weighted by molar-refractivity contribution is 7.99. The number of carbonyl (C=O) groups excluding carboxylic acids is 1. The number of carbonyl (C=O) groups is 1. The Morgan fingerprint density at radius 1 is 1.10 bits per heavy atom. The van der Waals surface area contributed by atoms with E-state index >= 15 is 0 Å². The minimum absolute atomic E-state index is 0.0387. The van der Waals surface area contributed by atoms with E-state index in [0.717, 1.165) is 37.0 Å². The second-order valence-corrected chi connectivity index (χ2v) is 8.28. The molecule has 0 unspecified atom stereocenters. The first kappa shape index (κ1) is 22.9. The Labute approximate surface area is 187 Å². The number of amides is 1. The molecule has 164 valence electrons. The van der Waals surface area contributed by atoms with Crippen molar-refractivity contribution in [2.24, 2.45) is 0 Å². The normalized spacial score (nSPS) is 10.9. The molecule has 7 heteroatoms. The first-order chi connectivity index (χ1) is 15.1. The summed E-state index contributed by atoms with van der Waals surface area (Å²) in [5, 5.41) is 4.14. The lowest BCUT2D eigenvalue weighted by Gasteiger charge is -2.13. The van der Waals surface area contributed by atoms with Gasteiger partial charge in [0, 0.05) is 13.1 Å². The molecule has 1 aromatic heterocycles. The number of hydrogen-bond acceptors (Lipinski definition) is 5. The number of thioether (sulfide) groups is 1. The van der Waals surface area contributed by atoms with Gasteiger partial charge in [-0.15, -0.1) is 0 Å². The third-order valence-electron chi connectivity index (χ3n) is 5.04. The van der Waals surface area contributed by atoms with Crippen molar-refractivity contribution < 1.29 is 9.53 Å². The lowest BCUT2D eigenvalue weighted by atomic mass is 10.2. The molecule has 1 amide bonds. The Hall–Kier alpha value is -2.80. The molecule has 0 spiro atoms. The van der Waals surface area contributed by atoms with Crippen molar-refractivity contribution in [2.45, 2.75) is 50.9 Å². The van der Waals surface area contributed by atoms with E-state index in [0.29, 0.717) is 29.1 Å². The van der Waals surface area contributed by atoms with E-state index in [4.69, 9.17) is 4.74 Å². The molecular weight excluding hydrogens is 410 g/mol. The summed E-state index contributed by atoms with van der Waals surface area (Å²) in [6.45, 7) is 3.22. The van der Waals surface area contributed by atoms with Gasteiger partial charge in [-0.25, -0.2) is 4.98 Å². The number of fused-ring (bicyclic) bond motifs is 1. The number of methoxy groups -OCH3 is 1. The van der Waals surface area contributed by atoms with Crippen LogP contribution in [0.3, 0.4) is 0 Å². The Morgan fingerprint density at radius 2 is 1.87 bits per heavy atom. The van der Waals surface area contributed by atoms with E-state index < -0.39 is 0 Å². The van der Waals surface area contributed by atoms with E-state index in [1.807, 2.05) is 48.5 Å². The van der Waals surface area contributed by atoms with Gasteiger partial charge in [-0.1, -0.05) is 62.2 Å². The van der Waals surface area contributed by atoms with Crippen LogP contribution in [0, 0.1) is 0 Å². The molecule has 1 N–H and O–H groups in total. The van der Waals surface area contributed by atoms with Gasteiger partial charge in [0.05, 0.1) is 23.8 Å². The molecule has 0 aliphatic rings. The van der Waals surface area contributed by atoms with Crippen LogP contribution in [0.2, 0.25) is 0 Å². The smallest absolute Gasteiger partial charge is 0.262 e. The van der Waals surface area contributed by atoms with Gasteiger partial charge in [-0.2, -0.15) is 0 Å². The summed E-state index contributed by atoms with van der Waals surface area (Å²) in [7, 11) is 1.62. The van der Waals surface area contributed by atoms with Crippen LogP contribution in [0.25, 0.3) is 10.9 Å². The third-order valence-corrected chi connectivity index (χ3v) is 6.02. The van der Waals surface area contributed by atoms with Gasteiger partial charge < -0.3 is 10.1 Å². The third kappa shape index (κ3) is 6.34. The second kappa shape index (κ2) is 11.6. The second-order valence-electron chi connectivity index (χ2n) is 7.34. The number of aromatic nitrogens is 2. The Bertz CT molecular complexity index is 1060. The molecule has 6 nitrogen and oxygen atoms in total. The van der Waals surface area contributed by atoms with Crippen LogP contribution < -0.4 is 15.6 Å². The van der Waals surface area contributed by atoms with E-state index in [-0.39, 0.29) is 17.2 Å². The highest BCUT2D eigenvalue weighted by Gasteiger charge is 2.13. The number of nitrogens with one attached hydrogen (secondary N) is 1. The lowest BCUT2D eigenvalue weighted by molar-refractivity contribution is -0.118. The largest absolute Gasteiger partial charge is 0.497 e.